The van der Waals surface area contributed by atoms with Crippen LogP contribution in [-0.2, 0) is 37.6 Å². The number of halogens is 1. The van der Waals surface area contributed by atoms with Gasteiger partial charge < -0.3 is 29.9 Å². The lowest BCUT2D eigenvalue weighted by molar-refractivity contribution is -0.630. The van der Waals surface area contributed by atoms with Gasteiger partial charge in [0, 0.05) is 88.0 Å². The summed E-state index contributed by atoms with van der Waals surface area (Å²) < 4.78 is 13.5. The zero-order chi connectivity index (χ0) is 50.5. The van der Waals surface area contributed by atoms with Crippen LogP contribution in [-0.4, -0.2) is 71.6 Å². The molecule has 0 unspecified atom stereocenters. The lowest BCUT2D eigenvalue weighted by Gasteiger charge is -2.25. The van der Waals surface area contributed by atoms with Crippen molar-refractivity contribution in [3.8, 4) is 5.75 Å². The average Bonchev–Trinajstić information content (AvgIpc) is 3.85. The summed E-state index contributed by atoms with van der Waals surface area (Å²) in [6.45, 7) is 15.2. The van der Waals surface area contributed by atoms with Crippen LogP contribution in [0.1, 0.15) is 85.8 Å². The van der Waals surface area contributed by atoms with E-state index >= 15 is 0 Å². The molecule has 13 heteroatoms. The molecule has 368 valence electrons. The zero-order valence-electron chi connectivity index (χ0n) is 41.6. The predicted octanol–water partition coefficient (Wildman–Crippen LogP) is 10.4. The monoisotopic (exact) mass is 991 g/mol. The highest BCUT2D eigenvalue weighted by Gasteiger charge is 2.45. The van der Waals surface area contributed by atoms with E-state index in [-0.39, 0.29) is 54.5 Å². The molecule has 0 atom stereocenters. The molecule has 0 aliphatic carbocycles. The van der Waals surface area contributed by atoms with Gasteiger partial charge in [-0.05, 0) is 134 Å². The first kappa shape index (κ1) is 50.9. The summed E-state index contributed by atoms with van der Waals surface area (Å²) >= 11 is 7.05. The van der Waals surface area contributed by atoms with Crippen molar-refractivity contribution in [1.29, 1.82) is 0 Å². The number of ether oxygens (including phenoxy) is 1. The molecule has 0 spiro atoms. The first-order chi connectivity index (χ1) is 34.2. The average molecular weight is 993 g/mol. The number of anilines is 1. The van der Waals surface area contributed by atoms with Crippen LogP contribution in [0.2, 0.25) is 5.02 Å². The van der Waals surface area contributed by atoms with E-state index in [2.05, 4.69) is 138 Å². The van der Waals surface area contributed by atoms with Crippen LogP contribution in [0.4, 0.5) is 11.4 Å². The Labute approximate surface area is 426 Å². The minimum absolute atomic E-state index is 0.0412. The van der Waals surface area contributed by atoms with E-state index < -0.39 is 0 Å². The second-order valence-corrected chi connectivity index (χ2v) is 20.3. The third-order valence-electron chi connectivity index (χ3n) is 14.0. The Morgan fingerprint density at radius 3 is 2.31 bits per heavy atom. The van der Waals surface area contributed by atoms with E-state index in [1.54, 1.807) is 42.0 Å². The molecule has 0 fully saturated rings. The van der Waals surface area contributed by atoms with Gasteiger partial charge in [0.1, 0.15) is 12.3 Å². The fourth-order valence-electron chi connectivity index (χ4n) is 10.4. The number of nitrogens with one attached hydrogen (secondary N) is 2. The molecule has 2 aliphatic heterocycles. The molecule has 0 radical (unpaired) electrons. The van der Waals surface area contributed by atoms with Crippen LogP contribution in [0.25, 0.3) is 21.7 Å². The van der Waals surface area contributed by atoms with Crippen LogP contribution in [0.5, 0.6) is 5.75 Å². The van der Waals surface area contributed by atoms with E-state index in [0.717, 1.165) is 60.2 Å². The maximum Gasteiger partial charge on any atom is 0.262 e. The zero-order valence-corrected chi connectivity index (χ0v) is 43.1. The summed E-state index contributed by atoms with van der Waals surface area (Å²) in [6, 6.07) is 31.5. The van der Waals surface area contributed by atoms with Gasteiger partial charge >= 0.3 is 0 Å². The summed E-state index contributed by atoms with van der Waals surface area (Å²) in [5, 5.41) is 20.3. The number of fused-ring (bicyclic) bond motifs is 5. The summed E-state index contributed by atoms with van der Waals surface area (Å²) in [7, 11) is 1.58. The number of aromatic nitrogens is 1. The van der Waals surface area contributed by atoms with E-state index in [4.69, 9.17) is 16.3 Å². The summed E-state index contributed by atoms with van der Waals surface area (Å²) in [5.74, 6) is 0.693. The predicted molar refractivity (Wildman–Crippen MR) is 286 cm³/mol. The number of amides is 2. The first-order valence-corrected chi connectivity index (χ1v) is 25.5. The Balaban J connectivity index is 0.895. The van der Waals surface area contributed by atoms with Gasteiger partial charge in [-0.2, -0.15) is 4.58 Å². The smallest absolute Gasteiger partial charge is 0.262 e. The lowest BCUT2D eigenvalue weighted by Crippen LogP contribution is -2.36. The van der Waals surface area contributed by atoms with Crippen LogP contribution >= 0.6 is 23.6 Å². The van der Waals surface area contributed by atoms with Gasteiger partial charge in [-0.15, -0.1) is 0 Å². The largest absolute Gasteiger partial charge is 0.711 e. The number of benzene rings is 5. The van der Waals surface area contributed by atoms with Gasteiger partial charge in [-0.1, -0.05) is 80.1 Å². The Hall–Kier alpha value is -6.44. The third kappa shape index (κ3) is 10.5. The second-order valence-electron chi connectivity index (χ2n) is 19.1. The number of carbonyl (C=O) groups is 3. The van der Waals surface area contributed by atoms with Crippen LogP contribution in [0.3, 0.4) is 0 Å². The fourth-order valence-corrected chi connectivity index (χ4v) is 11.0. The molecule has 8 rings (SSSR count). The van der Waals surface area contributed by atoms with E-state index in [0.29, 0.717) is 33.3 Å². The molecule has 2 amide bonds. The fraction of sp³-hybridized carbons (Fsp3) is 0.310. The van der Waals surface area contributed by atoms with Crippen molar-refractivity contribution >= 4 is 80.1 Å². The van der Waals surface area contributed by atoms with Gasteiger partial charge in [0.15, 0.2) is 5.71 Å². The second kappa shape index (κ2) is 21.9. The first-order valence-electron chi connectivity index (χ1n) is 24.3. The summed E-state index contributed by atoms with van der Waals surface area (Å²) in [4.78, 5) is 42.7. The number of carbonyl (C=O) groups excluding carboxylic acids is 3. The highest BCUT2D eigenvalue weighted by molar-refractivity contribution is 7.94. The standard InChI is InChI=1S/C58H62ClN5O6S/c1-8-62-49-27-20-39(35-53(65)60-30-31-61-54(66)37-45-38(2)64(48-29-26-43(69-7)36-46(45)48)56(67)41-21-24-42(59)25-22-41)34-47(49)57(3,4)51(62)18-10-9-11-19-52-58(5,6)55-44-17-13-12-16-40(44)23-28-50(55)63(52)32-14-15-33-71-70-68/h9-13,16-29,34,36H,8,14-15,30-33,35,37H2,1-7H3,(H2-,60,61,65,66,68). The van der Waals surface area contributed by atoms with E-state index in [9.17, 15) is 19.6 Å². The number of methoxy groups -OCH3 is 1. The minimum atomic E-state index is -0.313. The molecule has 0 saturated carbocycles. The highest BCUT2D eigenvalue weighted by Crippen LogP contribution is 2.48. The summed E-state index contributed by atoms with van der Waals surface area (Å²) in [6.07, 6.45) is 12.9. The molecule has 71 heavy (non-hydrogen) atoms. The van der Waals surface area contributed by atoms with Crippen molar-refractivity contribution in [2.24, 2.45) is 0 Å². The summed E-state index contributed by atoms with van der Waals surface area (Å²) in [5.41, 5.74) is 10.2. The lowest BCUT2D eigenvalue weighted by atomic mass is 9.79. The molecule has 5 aromatic carbocycles. The van der Waals surface area contributed by atoms with Crippen LogP contribution in [0.15, 0.2) is 133 Å². The molecule has 0 bridgehead atoms. The molecule has 6 aromatic rings. The molecule has 2 aliphatic rings. The van der Waals surface area contributed by atoms with Crippen molar-refractivity contribution in [3.05, 3.63) is 172 Å². The number of nitrogens with zero attached hydrogens (tertiary/aromatic N) is 3. The molecule has 1 aromatic heterocycles. The number of unbranched alkanes of at least 4 members (excludes halogenated alkanes) is 1. The van der Waals surface area contributed by atoms with Gasteiger partial charge in [0.2, 0.25) is 17.5 Å². The van der Waals surface area contributed by atoms with Gasteiger partial charge in [-0.3, -0.25) is 19.0 Å². The Morgan fingerprint density at radius 1 is 0.831 bits per heavy atom. The number of allylic oxidation sites excluding steroid dienone is 6. The van der Waals surface area contributed by atoms with Crippen molar-refractivity contribution < 1.29 is 33.3 Å². The third-order valence-corrected chi connectivity index (χ3v) is 14.8. The van der Waals surface area contributed by atoms with E-state index in [1.165, 1.54) is 39.0 Å². The maximum absolute atomic E-state index is 13.7. The van der Waals surface area contributed by atoms with Gasteiger partial charge in [0.05, 0.1) is 30.9 Å². The van der Waals surface area contributed by atoms with Gasteiger partial charge in [0.25, 0.3) is 5.91 Å². The topological polar surface area (TPSA) is 128 Å². The Morgan fingerprint density at radius 2 is 1.58 bits per heavy atom. The molecule has 2 N–H and O–H groups in total. The number of likely N-dealkylation sites (N-methyl/N-ethyl adjacent to an activating group) is 1. The minimum Gasteiger partial charge on any atom is -0.711 e. The maximum atomic E-state index is 13.7. The SMILES string of the molecule is CCN1/C(=C/C=C/C=C/C2=[N+](CCCCSO[O-])c3ccc4ccccc4c3C2(C)C)C(C)(C)c2cc(CC(=O)NCCNC(=O)Cc3c(C)n(C(=O)c4ccc(Cl)cc4)c4ccc(OC)cc34)ccc21. The molecular formula is C58H62ClN5O6S. The van der Waals surface area contributed by atoms with Crippen molar-refractivity contribution in [1.82, 2.24) is 15.2 Å². The molecule has 0 saturated heterocycles. The van der Waals surface area contributed by atoms with Crippen molar-refractivity contribution in [3.63, 3.8) is 0 Å². The number of hydrogen-bond acceptors (Lipinski definition) is 8. The van der Waals surface area contributed by atoms with Crippen molar-refractivity contribution in [2.75, 3.05) is 43.9 Å². The molecular weight excluding hydrogens is 930 g/mol. The number of hydrogen-bond donors (Lipinski definition) is 2. The molecule has 3 heterocycles. The highest BCUT2D eigenvalue weighted by atomic mass is 35.5. The van der Waals surface area contributed by atoms with Crippen LogP contribution in [0, 0.1) is 6.92 Å². The van der Waals surface area contributed by atoms with Crippen molar-refractivity contribution in [2.45, 2.75) is 78.1 Å². The number of rotatable bonds is 19. The quantitative estimate of drug-likeness (QED) is 0.0205. The van der Waals surface area contributed by atoms with E-state index in [1.807, 2.05) is 25.1 Å². The van der Waals surface area contributed by atoms with Gasteiger partial charge in [-0.25, -0.2) is 0 Å². The Kier molecular flexibility index (Phi) is 15.7. The normalized spacial score (nSPS) is 15.4. The molecule has 11 nitrogen and oxygen atoms in total. The van der Waals surface area contributed by atoms with Crippen LogP contribution < -0.4 is 25.5 Å². The Bertz CT molecular complexity index is 3130.